The van der Waals surface area contributed by atoms with Crippen molar-refractivity contribution in [1.82, 2.24) is 0 Å². The number of carbonyl (C=O) groups is 1. The summed E-state index contributed by atoms with van der Waals surface area (Å²) in [5.41, 5.74) is 2.13. The fourth-order valence-electron chi connectivity index (χ4n) is 2.29. The van der Waals surface area contributed by atoms with E-state index in [0.29, 0.717) is 6.42 Å². The molecule has 0 bridgehead atoms. The molecule has 0 spiro atoms. The molecule has 1 unspecified atom stereocenters. The zero-order valence-electron chi connectivity index (χ0n) is 9.62. The normalized spacial score (nSPS) is 19.3. The van der Waals surface area contributed by atoms with Gasteiger partial charge in [0.25, 0.3) is 0 Å². The lowest BCUT2D eigenvalue weighted by molar-refractivity contribution is 0.0918. The van der Waals surface area contributed by atoms with Gasteiger partial charge in [-0.15, -0.1) is 11.8 Å². The summed E-state index contributed by atoms with van der Waals surface area (Å²) in [5.74, 6) is 6.31. The van der Waals surface area contributed by atoms with E-state index in [2.05, 4.69) is 17.9 Å². The highest BCUT2D eigenvalue weighted by molar-refractivity contribution is 5.99. The Morgan fingerprint density at radius 2 is 2.19 bits per heavy atom. The average Bonchev–Trinajstić information content (AvgIpc) is 2.47. The first-order valence-electron chi connectivity index (χ1n) is 5.84. The Balaban J connectivity index is 2.28. The molecule has 1 aromatic rings. The third-order valence-corrected chi connectivity index (χ3v) is 3.18. The molecular formula is C15H16O. The summed E-state index contributed by atoms with van der Waals surface area (Å²) in [7, 11) is 0. The van der Waals surface area contributed by atoms with E-state index >= 15 is 0 Å². The summed E-state index contributed by atoms with van der Waals surface area (Å²) in [6.45, 7) is 1.83. The van der Waals surface area contributed by atoms with Gasteiger partial charge in [-0.05, 0) is 31.7 Å². The number of aryl methyl sites for hydroxylation is 1. The third-order valence-electron chi connectivity index (χ3n) is 3.18. The van der Waals surface area contributed by atoms with Gasteiger partial charge in [0.05, 0.1) is 0 Å². The SMILES string of the molecule is CC#CCC1CCCc2ccccc2C1=O. The maximum Gasteiger partial charge on any atom is 0.167 e. The van der Waals surface area contributed by atoms with Crippen molar-refractivity contribution in [2.75, 3.05) is 0 Å². The van der Waals surface area contributed by atoms with Crippen LogP contribution in [-0.4, -0.2) is 5.78 Å². The van der Waals surface area contributed by atoms with Crippen LogP contribution in [0, 0.1) is 17.8 Å². The molecule has 0 radical (unpaired) electrons. The predicted octanol–water partition coefficient (Wildman–Crippen LogP) is 3.24. The third kappa shape index (κ3) is 2.17. The van der Waals surface area contributed by atoms with Crippen LogP contribution in [0.25, 0.3) is 0 Å². The van der Waals surface area contributed by atoms with Crippen molar-refractivity contribution in [3.63, 3.8) is 0 Å². The van der Waals surface area contributed by atoms with Gasteiger partial charge in [0, 0.05) is 17.9 Å². The van der Waals surface area contributed by atoms with Gasteiger partial charge in [-0.1, -0.05) is 24.3 Å². The molecule has 82 valence electrons. The second kappa shape index (κ2) is 4.99. The number of benzene rings is 1. The molecule has 0 saturated carbocycles. The van der Waals surface area contributed by atoms with Crippen molar-refractivity contribution in [1.29, 1.82) is 0 Å². The first-order valence-corrected chi connectivity index (χ1v) is 5.84. The van der Waals surface area contributed by atoms with Gasteiger partial charge in [-0.3, -0.25) is 4.79 Å². The molecule has 0 aromatic heterocycles. The Morgan fingerprint density at radius 3 is 3.00 bits per heavy atom. The average molecular weight is 212 g/mol. The Labute approximate surface area is 96.9 Å². The molecule has 1 heteroatoms. The minimum atomic E-state index is 0.107. The van der Waals surface area contributed by atoms with E-state index in [0.717, 1.165) is 24.8 Å². The minimum Gasteiger partial charge on any atom is -0.294 e. The summed E-state index contributed by atoms with van der Waals surface area (Å²) in [5, 5.41) is 0. The van der Waals surface area contributed by atoms with E-state index in [1.807, 2.05) is 25.1 Å². The standard InChI is InChI=1S/C15H16O/c1-2-3-7-13-10-6-9-12-8-4-5-11-14(12)15(13)16/h4-5,8,11,13H,6-7,9-10H2,1H3. The van der Waals surface area contributed by atoms with E-state index in [1.165, 1.54) is 5.56 Å². The number of carbonyl (C=O) groups excluding carboxylic acids is 1. The summed E-state index contributed by atoms with van der Waals surface area (Å²) in [6, 6.07) is 7.99. The molecule has 0 amide bonds. The summed E-state index contributed by atoms with van der Waals surface area (Å²) in [6.07, 6.45) is 3.81. The van der Waals surface area contributed by atoms with Crippen molar-refractivity contribution < 1.29 is 4.79 Å². The van der Waals surface area contributed by atoms with Crippen LogP contribution in [0.5, 0.6) is 0 Å². The van der Waals surface area contributed by atoms with Gasteiger partial charge in [0.1, 0.15) is 0 Å². The van der Waals surface area contributed by atoms with Crippen molar-refractivity contribution in [2.24, 2.45) is 5.92 Å². The molecular weight excluding hydrogens is 196 g/mol. The van der Waals surface area contributed by atoms with Crippen LogP contribution in [0.3, 0.4) is 0 Å². The summed E-state index contributed by atoms with van der Waals surface area (Å²) < 4.78 is 0. The second-order valence-corrected chi connectivity index (χ2v) is 4.24. The number of rotatable bonds is 1. The van der Waals surface area contributed by atoms with E-state index in [4.69, 9.17) is 0 Å². The Hall–Kier alpha value is -1.55. The smallest absolute Gasteiger partial charge is 0.167 e. The minimum absolute atomic E-state index is 0.107. The highest BCUT2D eigenvalue weighted by Gasteiger charge is 2.24. The second-order valence-electron chi connectivity index (χ2n) is 4.24. The van der Waals surface area contributed by atoms with Crippen LogP contribution in [0.1, 0.15) is 42.1 Å². The first-order chi connectivity index (χ1) is 7.83. The maximum absolute atomic E-state index is 12.3. The molecule has 0 N–H and O–H groups in total. The van der Waals surface area contributed by atoms with Gasteiger partial charge in [-0.2, -0.15) is 0 Å². The monoisotopic (exact) mass is 212 g/mol. The van der Waals surface area contributed by atoms with Crippen LogP contribution in [0.2, 0.25) is 0 Å². The molecule has 1 aliphatic rings. The summed E-state index contributed by atoms with van der Waals surface area (Å²) >= 11 is 0. The molecule has 0 fully saturated rings. The van der Waals surface area contributed by atoms with Crippen molar-refractivity contribution >= 4 is 5.78 Å². The fourth-order valence-corrected chi connectivity index (χ4v) is 2.29. The van der Waals surface area contributed by atoms with Crippen molar-refractivity contribution in [3.8, 4) is 11.8 Å². The number of hydrogen-bond acceptors (Lipinski definition) is 1. The van der Waals surface area contributed by atoms with Crippen molar-refractivity contribution in [2.45, 2.75) is 32.6 Å². The molecule has 1 aliphatic carbocycles. The van der Waals surface area contributed by atoms with E-state index < -0.39 is 0 Å². The van der Waals surface area contributed by atoms with Crippen LogP contribution in [0.15, 0.2) is 24.3 Å². The van der Waals surface area contributed by atoms with Gasteiger partial charge in [-0.25, -0.2) is 0 Å². The van der Waals surface area contributed by atoms with Crippen LogP contribution >= 0.6 is 0 Å². The molecule has 0 heterocycles. The lowest BCUT2D eigenvalue weighted by Gasteiger charge is -2.09. The molecule has 0 saturated heterocycles. The predicted molar refractivity (Wildman–Crippen MR) is 65.3 cm³/mol. The van der Waals surface area contributed by atoms with Gasteiger partial charge >= 0.3 is 0 Å². The lowest BCUT2D eigenvalue weighted by atomic mass is 9.92. The first kappa shape index (κ1) is 11.0. The Morgan fingerprint density at radius 1 is 1.38 bits per heavy atom. The molecule has 0 aliphatic heterocycles. The largest absolute Gasteiger partial charge is 0.294 e. The van der Waals surface area contributed by atoms with Gasteiger partial charge < -0.3 is 0 Å². The Bertz CT molecular complexity index is 448. The molecule has 1 aromatic carbocycles. The zero-order valence-corrected chi connectivity index (χ0v) is 9.62. The lowest BCUT2D eigenvalue weighted by Crippen LogP contribution is -2.13. The van der Waals surface area contributed by atoms with Crippen LogP contribution in [0.4, 0.5) is 0 Å². The highest BCUT2D eigenvalue weighted by atomic mass is 16.1. The maximum atomic E-state index is 12.3. The fraction of sp³-hybridized carbons (Fsp3) is 0.400. The molecule has 1 atom stereocenters. The number of ketones is 1. The van der Waals surface area contributed by atoms with Gasteiger partial charge in [0.15, 0.2) is 5.78 Å². The zero-order chi connectivity index (χ0) is 11.4. The number of hydrogen-bond donors (Lipinski definition) is 0. The summed E-state index contributed by atoms with van der Waals surface area (Å²) in [4.78, 5) is 12.3. The number of Topliss-reactive ketones (excluding diaryl/α,β-unsaturated/α-hetero) is 1. The quantitative estimate of drug-likeness (QED) is 0.516. The Kier molecular flexibility index (Phi) is 3.41. The van der Waals surface area contributed by atoms with Crippen LogP contribution < -0.4 is 0 Å². The van der Waals surface area contributed by atoms with E-state index in [9.17, 15) is 4.79 Å². The van der Waals surface area contributed by atoms with Crippen LogP contribution in [-0.2, 0) is 6.42 Å². The van der Waals surface area contributed by atoms with E-state index in [1.54, 1.807) is 0 Å². The topological polar surface area (TPSA) is 17.1 Å². The molecule has 16 heavy (non-hydrogen) atoms. The molecule has 2 rings (SSSR count). The number of fused-ring (bicyclic) bond motifs is 1. The molecule has 1 nitrogen and oxygen atoms in total. The van der Waals surface area contributed by atoms with E-state index in [-0.39, 0.29) is 11.7 Å². The van der Waals surface area contributed by atoms with Gasteiger partial charge in [0.2, 0.25) is 0 Å². The highest BCUT2D eigenvalue weighted by Crippen LogP contribution is 2.26. The van der Waals surface area contributed by atoms with Crippen molar-refractivity contribution in [3.05, 3.63) is 35.4 Å².